The Balaban J connectivity index is 1.27. The molecule has 0 aliphatic heterocycles. The predicted molar refractivity (Wildman–Crippen MR) is 215 cm³/mol. The number of fused-ring (bicyclic) bond motifs is 9. The molecule has 0 radical (unpaired) electrons. The highest BCUT2D eigenvalue weighted by molar-refractivity contribution is 6.22. The molecule has 0 amide bonds. The van der Waals surface area contributed by atoms with E-state index in [-0.39, 0.29) is 0 Å². The Morgan fingerprint density at radius 3 is 1.18 bits per heavy atom. The zero-order chi connectivity index (χ0) is 33.5. The molecule has 3 heteroatoms. The van der Waals surface area contributed by atoms with Crippen LogP contribution in [0.1, 0.15) is 0 Å². The van der Waals surface area contributed by atoms with E-state index in [1.165, 1.54) is 76.5 Å². The number of rotatable bonds is 4. The average molecular weight is 650 g/mol. The van der Waals surface area contributed by atoms with Gasteiger partial charge in [-0.15, -0.1) is 0 Å². The third-order valence-corrected chi connectivity index (χ3v) is 10.6. The summed E-state index contributed by atoms with van der Waals surface area (Å²) in [7, 11) is 0. The number of nitrogens with zero attached hydrogens (tertiary/aromatic N) is 3. The molecule has 0 saturated carbocycles. The number of hydrogen-bond donors (Lipinski definition) is 0. The van der Waals surface area contributed by atoms with Crippen LogP contribution < -0.4 is 0 Å². The lowest BCUT2D eigenvalue weighted by molar-refractivity contribution is 1.17. The fourth-order valence-corrected chi connectivity index (χ4v) is 8.58. The van der Waals surface area contributed by atoms with Gasteiger partial charge in [0.1, 0.15) is 0 Å². The summed E-state index contributed by atoms with van der Waals surface area (Å²) in [5, 5.41) is 7.53. The van der Waals surface area contributed by atoms with Crippen LogP contribution in [0.4, 0.5) is 0 Å². The lowest BCUT2D eigenvalue weighted by atomic mass is 9.95. The first-order chi connectivity index (χ1) is 25.3. The molecule has 0 atom stereocenters. The van der Waals surface area contributed by atoms with Crippen molar-refractivity contribution >= 4 is 65.4 Å². The average Bonchev–Trinajstić information content (AvgIpc) is 3.84. The number of hydrogen-bond acceptors (Lipinski definition) is 0. The van der Waals surface area contributed by atoms with Crippen molar-refractivity contribution in [1.82, 2.24) is 13.7 Å². The van der Waals surface area contributed by atoms with Crippen molar-refractivity contribution in [2.24, 2.45) is 0 Å². The van der Waals surface area contributed by atoms with E-state index in [9.17, 15) is 0 Å². The topological polar surface area (TPSA) is 14.8 Å². The molecule has 0 N–H and O–H groups in total. The van der Waals surface area contributed by atoms with Crippen LogP contribution in [0.15, 0.2) is 188 Å². The highest BCUT2D eigenvalue weighted by atomic mass is 15.0. The summed E-state index contributed by atoms with van der Waals surface area (Å²) in [5.74, 6) is 0. The van der Waals surface area contributed by atoms with Gasteiger partial charge in [-0.2, -0.15) is 0 Å². The summed E-state index contributed by atoms with van der Waals surface area (Å²) in [5.41, 5.74) is 13.1. The van der Waals surface area contributed by atoms with Gasteiger partial charge in [0.15, 0.2) is 0 Å². The Morgan fingerprint density at radius 2 is 0.627 bits per heavy atom. The van der Waals surface area contributed by atoms with Gasteiger partial charge in [0.25, 0.3) is 0 Å². The molecule has 51 heavy (non-hydrogen) atoms. The minimum Gasteiger partial charge on any atom is -0.309 e. The zero-order valence-electron chi connectivity index (χ0n) is 27.7. The van der Waals surface area contributed by atoms with Crippen LogP contribution in [0.2, 0.25) is 0 Å². The van der Waals surface area contributed by atoms with Crippen molar-refractivity contribution in [3.63, 3.8) is 0 Å². The van der Waals surface area contributed by atoms with Gasteiger partial charge in [-0.1, -0.05) is 115 Å². The third-order valence-electron chi connectivity index (χ3n) is 10.6. The Hall–Kier alpha value is -6.84. The first-order valence-corrected chi connectivity index (χ1v) is 17.5. The fraction of sp³-hybridized carbons (Fsp3) is 0. The van der Waals surface area contributed by atoms with Gasteiger partial charge in [-0.05, 0) is 83.9 Å². The summed E-state index contributed by atoms with van der Waals surface area (Å²) in [4.78, 5) is 0. The molecule has 3 nitrogen and oxygen atoms in total. The van der Waals surface area contributed by atoms with Gasteiger partial charge in [0.05, 0.1) is 33.1 Å². The second kappa shape index (κ2) is 10.8. The molecule has 11 rings (SSSR count). The molecule has 11 aromatic rings. The maximum absolute atomic E-state index is 2.43. The van der Waals surface area contributed by atoms with Crippen molar-refractivity contribution in [1.29, 1.82) is 0 Å². The molecule has 0 fully saturated rings. The van der Waals surface area contributed by atoms with E-state index in [1.807, 2.05) is 0 Å². The molecule has 8 aromatic carbocycles. The molecular weight excluding hydrogens is 619 g/mol. The Bertz CT molecular complexity index is 3070. The SMILES string of the molecule is c1ccc(-n2c3ccccc3c3c(-c4cccc5c4c4cc(-n6c7ccccc7c7ccccc76)ccc4n5-c4ccccc4)cccc32)cc1. The van der Waals surface area contributed by atoms with E-state index in [2.05, 4.69) is 202 Å². The molecule has 0 spiro atoms. The van der Waals surface area contributed by atoms with Crippen molar-refractivity contribution < 1.29 is 0 Å². The van der Waals surface area contributed by atoms with Crippen LogP contribution >= 0.6 is 0 Å². The molecule has 0 bridgehead atoms. The monoisotopic (exact) mass is 649 g/mol. The minimum absolute atomic E-state index is 1.15. The Morgan fingerprint density at radius 1 is 0.235 bits per heavy atom. The molecule has 3 heterocycles. The smallest absolute Gasteiger partial charge is 0.0547 e. The summed E-state index contributed by atoms with van der Waals surface area (Å²) in [6.45, 7) is 0. The molecule has 0 aliphatic carbocycles. The highest BCUT2D eigenvalue weighted by Gasteiger charge is 2.21. The van der Waals surface area contributed by atoms with Crippen molar-refractivity contribution in [2.75, 3.05) is 0 Å². The minimum atomic E-state index is 1.15. The first-order valence-electron chi connectivity index (χ1n) is 17.5. The predicted octanol–water partition coefficient (Wildman–Crippen LogP) is 12.6. The fourth-order valence-electron chi connectivity index (χ4n) is 8.58. The third kappa shape index (κ3) is 4.00. The van der Waals surface area contributed by atoms with Crippen molar-refractivity contribution in [3.8, 4) is 28.2 Å². The number of aromatic nitrogens is 3. The van der Waals surface area contributed by atoms with Crippen LogP contribution in [0.25, 0.3) is 93.6 Å². The van der Waals surface area contributed by atoms with Gasteiger partial charge in [0, 0.05) is 49.4 Å². The van der Waals surface area contributed by atoms with E-state index in [1.54, 1.807) is 0 Å². The van der Waals surface area contributed by atoms with Crippen LogP contribution in [0.5, 0.6) is 0 Å². The maximum atomic E-state index is 2.43. The van der Waals surface area contributed by atoms with Crippen LogP contribution in [0, 0.1) is 0 Å². The van der Waals surface area contributed by atoms with Gasteiger partial charge in [0.2, 0.25) is 0 Å². The zero-order valence-corrected chi connectivity index (χ0v) is 27.7. The number of para-hydroxylation sites is 5. The summed E-state index contributed by atoms with van der Waals surface area (Å²) in [6, 6.07) is 68.4. The summed E-state index contributed by atoms with van der Waals surface area (Å²) in [6.07, 6.45) is 0. The molecule has 0 aliphatic rings. The second-order valence-electron chi connectivity index (χ2n) is 13.3. The van der Waals surface area contributed by atoms with Crippen LogP contribution in [-0.4, -0.2) is 13.7 Å². The number of benzene rings is 8. The normalized spacial score (nSPS) is 11.9. The molecule has 0 unspecified atom stereocenters. The Labute approximate surface area is 294 Å². The van der Waals surface area contributed by atoms with Crippen LogP contribution in [0.3, 0.4) is 0 Å². The molecule has 238 valence electrons. The van der Waals surface area contributed by atoms with E-state index >= 15 is 0 Å². The summed E-state index contributed by atoms with van der Waals surface area (Å²) < 4.78 is 7.26. The lowest BCUT2D eigenvalue weighted by Crippen LogP contribution is -1.95. The largest absolute Gasteiger partial charge is 0.309 e. The van der Waals surface area contributed by atoms with Crippen molar-refractivity contribution in [3.05, 3.63) is 188 Å². The summed E-state index contributed by atoms with van der Waals surface area (Å²) >= 11 is 0. The highest BCUT2D eigenvalue weighted by Crippen LogP contribution is 2.44. The Kier molecular flexibility index (Phi) is 5.96. The second-order valence-corrected chi connectivity index (χ2v) is 13.3. The van der Waals surface area contributed by atoms with Gasteiger partial charge in [-0.25, -0.2) is 0 Å². The molecular formula is C48H31N3. The van der Waals surface area contributed by atoms with Crippen molar-refractivity contribution in [2.45, 2.75) is 0 Å². The van der Waals surface area contributed by atoms with Crippen LogP contribution in [-0.2, 0) is 0 Å². The van der Waals surface area contributed by atoms with E-state index in [4.69, 9.17) is 0 Å². The first kappa shape index (κ1) is 28.0. The molecule has 0 saturated heterocycles. The standard InChI is InChI=1S/C48H31N3/c1-3-15-32(16-4-1)49-43-26-12-9-21-39(43)47-37(22-13-27-45(47)49)38-23-14-28-46-48(38)40-31-34(29-30-44(40)50(46)33-17-5-2-6-18-33)51-41-24-10-7-19-35(41)36-20-8-11-25-42(36)51/h1-31H. The lowest BCUT2D eigenvalue weighted by Gasteiger charge is -2.11. The van der Waals surface area contributed by atoms with E-state index < -0.39 is 0 Å². The van der Waals surface area contributed by atoms with Gasteiger partial charge < -0.3 is 13.7 Å². The van der Waals surface area contributed by atoms with E-state index in [0.29, 0.717) is 0 Å². The molecule has 3 aromatic heterocycles. The maximum Gasteiger partial charge on any atom is 0.0547 e. The van der Waals surface area contributed by atoms with E-state index in [0.717, 1.165) is 17.1 Å². The van der Waals surface area contributed by atoms with Gasteiger partial charge >= 0.3 is 0 Å². The van der Waals surface area contributed by atoms with Gasteiger partial charge in [-0.3, -0.25) is 0 Å². The quantitative estimate of drug-likeness (QED) is 0.180.